The summed E-state index contributed by atoms with van der Waals surface area (Å²) in [6, 6.07) is 18.0. The van der Waals surface area contributed by atoms with Crippen molar-refractivity contribution in [2.45, 2.75) is 20.4 Å². The number of hydrogen-bond acceptors (Lipinski definition) is 3. The van der Waals surface area contributed by atoms with Crippen LogP contribution in [0.3, 0.4) is 0 Å². The van der Waals surface area contributed by atoms with Gasteiger partial charge in [0.1, 0.15) is 0 Å². The first kappa shape index (κ1) is 18.6. The average molecular weight is 391 g/mol. The molecule has 0 radical (unpaired) electrons. The van der Waals surface area contributed by atoms with E-state index in [2.05, 4.69) is 35.5 Å². The molecule has 28 heavy (non-hydrogen) atoms. The smallest absolute Gasteiger partial charge is 0.280 e. The van der Waals surface area contributed by atoms with E-state index in [-0.39, 0.29) is 5.91 Å². The molecule has 0 saturated heterocycles. The lowest BCUT2D eigenvalue weighted by Gasteiger charge is -2.06. The second-order valence-electron chi connectivity index (χ2n) is 6.90. The molecule has 0 bridgehead atoms. The van der Waals surface area contributed by atoms with Gasteiger partial charge in [0, 0.05) is 19.2 Å². The number of amides is 1. The Morgan fingerprint density at radius 2 is 1.89 bits per heavy atom. The summed E-state index contributed by atoms with van der Waals surface area (Å²) in [5.74, 6) is -0.219. The van der Waals surface area contributed by atoms with E-state index in [9.17, 15) is 4.79 Å². The highest BCUT2D eigenvalue weighted by Gasteiger charge is 2.13. The van der Waals surface area contributed by atoms with Gasteiger partial charge in [-0.2, -0.15) is 4.99 Å². The Labute approximate surface area is 167 Å². The maximum absolute atomic E-state index is 13.1. The van der Waals surface area contributed by atoms with E-state index in [0.29, 0.717) is 23.5 Å². The standard InChI is InChI=1S/C23H22N2O2S/c1-15-13-16(2)21-20(14-15)25(11-12-27-3)23(28-21)24-22(26)19-10-6-8-17-7-4-5-9-18(17)19/h4-10,13-14H,11-12H2,1-3H3. The number of thiazole rings is 1. The van der Waals surface area contributed by atoms with Gasteiger partial charge in [0.15, 0.2) is 4.80 Å². The minimum absolute atomic E-state index is 0.219. The van der Waals surface area contributed by atoms with E-state index in [1.807, 2.05) is 42.5 Å². The second kappa shape index (κ2) is 7.70. The highest BCUT2D eigenvalue weighted by atomic mass is 32.1. The molecule has 4 rings (SSSR count). The van der Waals surface area contributed by atoms with Gasteiger partial charge in [-0.15, -0.1) is 0 Å². The minimum Gasteiger partial charge on any atom is -0.383 e. The first-order chi connectivity index (χ1) is 13.6. The Morgan fingerprint density at radius 3 is 2.71 bits per heavy atom. The quantitative estimate of drug-likeness (QED) is 0.499. The SMILES string of the molecule is COCCn1c(=NC(=O)c2cccc3ccccc23)sc2c(C)cc(C)cc21. The van der Waals surface area contributed by atoms with E-state index in [4.69, 9.17) is 4.74 Å². The summed E-state index contributed by atoms with van der Waals surface area (Å²) in [4.78, 5) is 18.3. The lowest BCUT2D eigenvalue weighted by molar-refractivity contribution is 0.0999. The van der Waals surface area contributed by atoms with Crippen molar-refractivity contribution in [3.8, 4) is 0 Å². The first-order valence-electron chi connectivity index (χ1n) is 9.25. The van der Waals surface area contributed by atoms with Gasteiger partial charge in [0.05, 0.1) is 16.8 Å². The fourth-order valence-electron chi connectivity index (χ4n) is 3.56. The number of ether oxygens (including phenoxy) is 1. The topological polar surface area (TPSA) is 43.6 Å². The Balaban J connectivity index is 1.90. The zero-order chi connectivity index (χ0) is 19.7. The molecule has 0 unspecified atom stereocenters. The zero-order valence-electron chi connectivity index (χ0n) is 16.2. The molecule has 0 aliphatic rings. The summed E-state index contributed by atoms with van der Waals surface area (Å²) in [7, 11) is 1.68. The molecule has 0 saturated carbocycles. The molecular formula is C23H22N2O2S. The monoisotopic (exact) mass is 390 g/mol. The molecule has 3 aromatic carbocycles. The van der Waals surface area contributed by atoms with Gasteiger partial charge < -0.3 is 9.30 Å². The molecule has 1 amide bonds. The van der Waals surface area contributed by atoms with Crippen LogP contribution in [0, 0.1) is 13.8 Å². The van der Waals surface area contributed by atoms with Crippen molar-refractivity contribution in [3.05, 3.63) is 76.1 Å². The van der Waals surface area contributed by atoms with Gasteiger partial charge in [-0.05, 0) is 47.9 Å². The van der Waals surface area contributed by atoms with Gasteiger partial charge in [-0.1, -0.05) is 53.8 Å². The summed E-state index contributed by atoms with van der Waals surface area (Å²) in [6.45, 7) is 5.40. The third kappa shape index (κ3) is 3.39. The highest BCUT2D eigenvalue weighted by Crippen LogP contribution is 2.24. The molecule has 5 heteroatoms. The number of nitrogens with zero attached hydrogens (tertiary/aromatic N) is 2. The zero-order valence-corrected chi connectivity index (χ0v) is 17.0. The number of aryl methyl sites for hydroxylation is 2. The van der Waals surface area contributed by atoms with Crippen molar-refractivity contribution in [2.75, 3.05) is 13.7 Å². The number of methoxy groups -OCH3 is 1. The van der Waals surface area contributed by atoms with E-state index in [1.54, 1.807) is 18.4 Å². The summed E-state index contributed by atoms with van der Waals surface area (Å²) in [5.41, 5.74) is 4.12. The number of benzene rings is 3. The van der Waals surface area contributed by atoms with Crippen LogP contribution in [-0.2, 0) is 11.3 Å². The highest BCUT2D eigenvalue weighted by molar-refractivity contribution is 7.16. The van der Waals surface area contributed by atoms with Crippen LogP contribution >= 0.6 is 11.3 Å². The normalized spacial score (nSPS) is 12.2. The summed E-state index contributed by atoms with van der Waals surface area (Å²) >= 11 is 1.56. The van der Waals surface area contributed by atoms with Gasteiger partial charge in [0.2, 0.25) is 0 Å². The number of rotatable bonds is 4. The first-order valence-corrected chi connectivity index (χ1v) is 10.1. The summed E-state index contributed by atoms with van der Waals surface area (Å²) in [6.07, 6.45) is 0. The van der Waals surface area contributed by atoms with Crippen LogP contribution in [0.2, 0.25) is 0 Å². The third-order valence-corrected chi connectivity index (χ3v) is 6.08. The molecular weight excluding hydrogens is 368 g/mol. The van der Waals surface area contributed by atoms with Crippen LogP contribution in [0.25, 0.3) is 21.0 Å². The molecule has 0 spiro atoms. The van der Waals surface area contributed by atoms with E-state index in [1.165, 1.54) is 11.1 Å². The number of carbonyl (C=O) groups is 1. The molecule has 4 aromatic rings. The Hall–Kier alpha value is -2.76. The Morgan fingerprint density at radius 1 is 1.11 bits per heavy atom. The van der Waals surface area contributed by atoms with Gasteiger partial charge in [-0.25, -0.2) is 0 Å². The van der Waals surface area contributed by atoms with Crippen LogP contribution in [0.5, 0.6) is 0 Å². The van der Waals surface area contributed by atoms with Crippen molar-refractivity contribution >= 4 is 38.2 Å². The van der Waals surface area contributed by atoms with Crippen molar-refractivity contribution in [1.29, 1.82) is 0 Å². The molecule has 0 fully saturated rings. The lowest BCUT2D eigenvalue weighted by Crippen LogP contribution is -2.19. The number of carbonyl (C=O) groups excluding carboxylic acids is 1. The molecule has 0 atom stereocenters. The summed E-state index contributed by atoms with van der Waals surface area (Å²) in [5, 5.41) is 1.97. The van der Waals surface area contributed by atoms with Gasteiger partial charge in [0.25, 0.3) is 5.91 Å². The summed E-state index contributed by atoms with van der Waals surface area (Å²) < 4.78 is 8.53. The molecule has 142 valence electrons. The predicted octanol–water partition coefficient (Wildman–Crippen LogP) is 4.86. The van der Waals surface area contributed by atoms with Crippen molar-refractivity contribution in [1.82, 2.24) is 4.57 Å². The van der Waals surface area contributed by atoms with E-state index >= 15 is 0 Å². The van der Waals surface area contributed by atoms with Crippen molar-refractivity contribution in [2.24, 2.45) is 4.99 Å². The van der Waals surface area contributed by atoms with Crippen molar-refractivity contribution in [3.63, 3.8) is 0 Å². The Bertz CT molecular complexity index is 1250. The van der Waals surface area contributed by atoms with Crippen LogP contribution in [-0.4, -0.2) is 24.2 Å². The fraction of sp³-hybridized carbons (Fsp3) is 0.217. The number of fused-ring (bicyclic) bond motifs is 2. The third-order valence-electron chi connectivity index (χ3n) is 4.85. The van der Waals surface area contributed by atoms with E-state index in [0.717, 1.165) is 21.0 Å². The second-order valence-corrected chi connectivity index (χ2v) is 7.88. The minimum atomic E-state index is -0.219. The lowest BCUT2D eigenvalue weighted by atomic mass is 10.0. The maximum Gasteiger partial charge on any atom is 0.280 e. The molecule has 0 aliphatic heterocycles. The van der Waals surface area contributed by atoms with Crippen molar-refractivity contribution < 1.29 is 9.53 Å². The molecule has 0 aliphatic carbocycles. The van der Waals surface area contributed by atoms with Crippen LogP contribution in [0.15, 0.2) is 59.6 Å². The van der Waals surface area contributed by atoms with Crippen LogP contribution < -0.4 is 4.80 Å². The van der Waals surface area contributed by atoms with Gasteiger partial charge in [-0.3, -0.25) is 4.79 Å². The predicted molar refractivity (Wildman–Crippen MR) is 115 cm³/mol. The number of hydrogen-bond donors (Lipinski definition) is 0. The molecule has 4 nitrogen and oxygen atoms in total. The molecule has 1 aromatic heterocycles. The maximum atomic E-state index is 13.1. The van der Waals surface area contributed by atoms with E-state index < -0.39 is 0 Å². The largest absolute Gasteiger partial charge is 0.383 e. The average Bonchev–Trinajstić information content (AvgIpc) is 3.03. The van der Waals surface area contributed by atoms with Gasteiger partial charge >= 0.3 is 0 Å². The molecule has 1 heterocycles. The fourth-order valence-corrected chi connectivity index (χ4v) is 4.66. The van der Waals surface area contributed by atoms with Crippen LogP contribution in [0.4, 0.5) is 0 Å². The van der Waals surface area contributed by atoms with Crippen LogP contribution in [0.1, 0.15) is 21.5 Å². The molecule has 0 N–H and O–H groups in total. The Kier molecular flexibility index (Phi) is 5.11. The number of aromatic nitrogens is 1.